The van der Waals surface area contributed by atoms with Crippen LogP contribution < -0.4 is 10.6 Å². The molecule has 1 heterocycles. The lowest BCUT2D eigenvalue weighted by atomic mass is 9.86. The van der Waals surface area contributed by atoms with Gasteiger partial charge in [0, 0.05) is 18.5 Å². The van der Waals surface area contributed by atoms with E-state index in [-0.39, 0.29) is 25.0 Å². The van der Waals surface area contributed by atoms with Crippen molar-refractivity contribution < 1.29 is 44.2 Å². The Balaban J connectivity index is 2.36. The fraction of sp³-hybridized carbons (Fsp3) is 0.818. The van der Waals surface area contributed by atoms with Crippen molar-refractivity contribution in [2.45, 2.75) is 102 Å². The molecular formula is C22H38N2O9. The van der Waals surface area contributed by atoms with Crippen molar-refractivity contribution in [3.05, 3.63) is 11.6 Å². The molecule has 1 aliphatic carbocycles. The smallest absolute Gasteiger partial charge is 0.333 e. The molecule has 0 aromatic heterocycles. The van der Waals surface area contributed by atoms with Gasteiger partial charge in [0.25, 0.3) is 0 Å². The molecule has 1 fully saturated rings. The second kappa shape index (κ2) is 12.7. The van der Waals surface area contributed by atoms with Gasteiger partial charge in [-0.05, 0) is 32.3 Å². The van der Waals surface area contributed by atoms with Crippen LogP contribution in [0.2, 0.25) is 0 Å². The normalized spacial score (nSPS) is 34.6. The Morgan fingerprint density at radius 2 is 1.82 bits per heavy atom. The highest BCUT2D eigenvalue weighted by Crippen LogP contribution is 2.27. The predicted molar refractivity (Wildman–Crippen MR) is 117 cm³/mol. The zero-order chi connectivity index (χ0) is 24.7. The molecule has 190 valence electrons. The molecule has 0 unspecified atom stereocenters. The number of esters is 1. The van der Waals surface area contributed by atoms with Gasteiger partial charge >= 0.3 is 5.97 Å². The van der Waals surface area contributed by atoms with Crippen LogP contribution in [-0.2, 0) is 23.8 Å². The van der Waals surface area contributed by atoms with Crippen molar-refractivity contribution in [2.75, 3.05) is 13.2 Å². The van der Waals surface area contributed by atoms with Crippen LogP contribution in [0.1, 0.15) is 47.0 Å². The number of hydrogen-bond donors (Lipinski definition) is 6. The van der Waals surface area contributed by atoms with Crippen LogP contribution >= 0.6 is 0 Å². The number of aliphatic hydroxyl groups is 4. The van der Waals surface area contributed by atoms with Crippen molar-refractivity contribution >= 4 is 11.9 Å². The molecule has 8 atom stereocenters. The van der Waals surface area contributed by atoms with Gasteiger partial charge in [-0.25, -0.2) is 4.79 Å². The summed E-state index contributed by atoms with van der Waals surface area (Å²) in [5.74, 6) is -0.829. The Labute approximate surface area is 194 Å². The fourth-order valence-corrected chi connectivity index (χ4v) is 4.20. The molecule has 1 saturated heterocycles. The Kier molecular flexibility index (Phi) is 10.7. The van der Waals surface area contributed by atoms with Crippen molar-refractivity contribution in [3.63, 3.8) is 0 Å². The first-order valence-electron chi connectivity index (χ1n) is 11.5. The van der Waals surface area contributed by atoms with E-state index in [2.05, 4.69) is 10.6 Å². The number of aliphatic hydroxyl groups excluding tert-OH is 4. The van der Waals surface area contributed by atoms with Gasteiger partial charge in [0.2, 0.25) is 5.91 Å². The minimum atomic E-state index is -1.56. The van der Waals surface area contributed by atoms with Crippen molar-refractivity contribution in [1.82, 2.24) is 10.6 Å². The topological polar surface area (TPSA) is 167 Å². The third-order valence-electron chi connectivity index (χ3n) is 6.03. The summed E-state index contributed by atoms with van der Waals surface area (Å²) in [6, 6.07) is -1.28. The van der Waals surface area contributed by atoms with Gasteiger partial charge < -0.3 is 40.0 Å². The lowest BCUT2D eigenvalue weighted by Crippen LogP contribution is -2.67. The summed E-state index contributed by atoms with van der Waals surface area (Å²) in [6.45, 7) is 6.63. The molecular weight excluding hydrogens is 436 g/mol. The molecule has 2 aliphatic rings. The molecule has 0 bridgehead atoms. The van der Waals surface area contributed by atoms with Crippen LogP contribution in [0, 0.1) is 0 Å². The third kappa shape index (κ3) is 6.95. The number of carbonyl (C=O) groups is 2. The largest absolute Gasteiger partial charge is 0.463 e. The molecule has 1 amide bonds. The van der Waals surface area contributed by atoms with Gasteiger partial charge in [0.05, 0.1) is 31.5 Å². The monoisotopic (exact) mass is 474 g/mol. The predicted octanol–water partition coefficient (Wildman–Crippen LogP) is -1.28. The number of amides is 1. The molecule has 0 aromatic carbocycles. The Morgan fingerprint density at radius 1 is 1.15 bits per heavy atom. The molecule has 11 nitrogen and oxygen atoms in total. The zero-order valence-electron chi connectivity index (χ0n) is 19.6. The number of rotatable bonds is 10. The summed E-state index contributed by atoms with van der Waals surface area (Å²) >= 11 is 0. The molecule has 6 N–H and O–H groups in total. The van der Waals surface area contributed by atoms with Crippen molar-refractivity contribution in [3.8, 4) is 0 Å². The number of hydrogen-bond acceptors (Lipinski definition) is 10. The van der Waals surface area contributed by atoms with E-state index in [1.165, 1.54) is 6.92 Å². The van der Waals surface area contributed by atoms with Gasteiger partial charge in [-0.2, -0.15) is 0 Å². The van der Waals surface area contributed by atoms with E-state index in [4.69, 9.17) is 14.2 Å². The summed E-state index contributed by atoms with van der Waals surface area (Å²) in [7, 11) is 0. The van der Waals surface area contributed by atoms with Gasteiger partial charge in [-0.3, -0.25) is 10.1 Å². The standard InChI is InChI=1S/C22H38N2O9/c1-5-13(6-2)32-15-9-12(22(30)31-7-3)8-14(17(15)23-11(4)26)24-21-20(29)19(28)18(27)16(10-25)33-21/h9,13-21,24-25,27-29H,5-8,10H2,1-4H3,(H,23,26)/t14-,15-,16-,17-,18-,19+,20-,21-/m1/s1. The van der Waals surface area contributed by atoms with Crippen LogP contribution in [0.3, 0.4) is 0 Å². The molecule has 1 aliphatic heterocycles. The zero-order valence-corrected chi connectivity index (χ0v) is 19.6. The average Bonchev–Trinajstić information content (AvgIpc) is 2.79. The third-order valence-corrected chi connectivity index (χ3v) is 6.03. The molecule has 0 aromatic rings. The van der Waals surface area contributed by atoms with Crippen LogP contribution in [0.15, 0.2) is 11.6 Å². The highest BCUT2D eigenvalue weighted by atomic mass is 16.6. The molecule has 0 spiro atoms. The maximum atomic E-state index is 12.5. The highest BCUT2D eigenvalue weighted by Gasteiger charge is 2.46. The summed E-state index contributed by atoms with van der Waals surface area (Å²) in [4.78, 5) is 24.5. The van der Waals surface area contributed by atoms with E-state index in [1.54, 1.807) is 13.0 Å². The van der Waals surface area contributed by atoms with E-state index in [0.717, 1.165) is 12.8 Å². The first kappa shape index (κ1) is 27.6. The summed E-state index contributed by atoms with van der Waals surface area (Å²) in [5.41, 5.74) is 0.344. The number of nitrogens with one attached hydrogen (secondary N) is 2. The molecule has 33 heavy (non-hydrogen) atoms. The van der Waals surface area contributed by atoms with E-state index in [1.807, 2.05) is 13.8 Å². The van der Waals surface area contributed by atoms with Crippen LogP contribution in [0.4, 0.5) is 0 Å². The summed E-state index contributed by atoms with van der Waals surface area (Å²) in [5, 5.41) is 46.0. The minimum absolute atomic E-state index is 0.114. The second-order valence-corrected chi connectivity index (χ2v) is 8.40. The van der Waals surface area contributed by atoms with Crippen LogP contribution in [0.5, 0.6) is 0 Å². The Hall–Kier alpha value is -1.60. The van der Waals surface area contributed by atoms with Crippen molar-refractivity contribution in [1.29, 1.82) is 0 Å². The minimum Gasteiger partial charge on any atom is -0.463 e. The fourth-order valence-electron chi connectivity index (χ4n) is 4.20. The van der Waals surface area contributed by atoms with E-state index >= 15 is 0 Å². The number of ether oxygens (including phenoxy) is 3. The Morgan fingerprint density at radius 3 is 2.36 bits per heavy atom. The highest BCUT2D eigenvalue weighted by molar-refractivity contribution is 5.89. The van der Waals surface area contributed by atoms with E-state index in [0.29, 0.717) is 5.57 Å². The van der Waals surface area contributed by atoms with E-state index in [9.17, 15) is 30.0 Å². The van der Waals surface area contributed by atoms with E-state index < -0.39 is 61.4 Å². The van der Waals surface area contributed by atoms with Gasteiger partial charge in [0.1, 0.15) is 30.6 Å². The quantitative estimate of drug-likeness (QED) is 0.210. The van der Waals surface area contributed by atoms with Gasteiger partial charge in [-0.15, -0.1) is 0 Å². The maximum absolute atomic E-state index is 12.5. The first-order chi connectivity index (χ1) is 15.7. The van der Waals surface area contributed by atoms with Gasteiger partial charge in [-0.1, -0.05) is 13.8 Å². The number of carbonyl (C=O) groups excluding carboxylic acids is 2. The first-order valence-corrected chi connectivity index (χ1v) is 11.5. The van der Waals surface area contributed by atoms with Gasteiger partial charge in [0.15, 0.2) is 0 Å². The SMILES string of the molecule is CCOC(=O)C1=C[C@@H](OC(CC)CC)[C@H](NC(C)=O)[C@H](N[C@@H]2O[C@H](CO)[C@@H](O)[C@H](O)[C@H]2O)C1. The van der Waals surface area contributed by atoms with Crippen LogP contribution in [0.25, 0.3) is 0 Å². The van der Waals surface area contributed by atoms with Crippen LogP contribution in [-0.4, -0.2) is 100 Å². The maximum Gasteiger partial charge on any atom is 0.333 e. The lowest BCUT2D eigenvalue weighted by molar-refractivity contribution is -0.239. The lowest BCUT2D eigenvalue weighted by Gasteiger charge is -2.44. The second-order valence-electron chi connectivity index (χ2n) is 8.40. The molecule has 0 saturated carbocycles. The molecule has 11 heteroatoms. The molecule has 2 rings (SSSR count). The van der Waals surface area contributed by atoms with Crippen molar-refractivity contribution in [2.24, 2.45) is 0 Å². The summed E-state index contributed by atoms with van der Waals surface area (Å²) < 4.78 is 17.0. The average molecular weight is 475 g/mol. The summed E-state index contributed by atoms with van der Waals surface area (Å²) in [6.07, 6.45) is -4.40. The Bertz CT molecular complexity index is 683. The molecule has 0 radical (unpaired) electrons.